The van der Waals surface area contributed by atoms with Crippen LogP contribution in [0.5, 0.6) is 0 Å². The van der Waals surface area contributed by atoms with Crippen LogP contribution < -0.4 is 0 Å². The summed E-state index contributed by atoms with van der Waals surface area (Å²) in [5, 5.41) is 0. The molecule has 0 unspecified atom stereocenters. The maximum Gasteiger partial charge on any atom is 0.320 e. The van der Waals surface area contributed by atoms with E-state index in [-0.39, 0.29) is 5.97 Å². The van der Waals surface area contributed by atoms with E-state index in [0.717, 1.165) is 45.6 Å². The molecular formula is C17H34N4O2. The number of nitrogens with zero attached hydrogens (tertiary/aromatic N) is 4. The first-order valence-corrected chi connectivity index (χ1v) is 8.85. The Balaban J connectivity index is 1.69. The summed E-state index contributed by atoms with van der Waals surface area (Å²) in [7, 11) is 6.17. The Labute approximate surface area is 141 Å². The zero-order valence-corrected chi connectivity index (χ0v) is 15.4. The van der Waals surface area contributed by atoms with Crippen molar-refractivity contribution in [3.63, 3.8) is 0 Å². The number of carbonyl (C=O) groups excluding carboxylic acids is 1. The van der Waals surface area contributed by atoms with Crippen LogP contribution in [0.15, 0.2) is 0 Å². The number of piperazine rings is 1. The van der Waals surface area contributed by atoms with Crippen LogP contribution in [0.2, 0.25) is 0 Å². The summed E-state index contributed by atoms with van der Waals surface area (Å²) in [5.74, 6) is -0.0879. The molecule has 23 heavy (non-hydrogen) atoms. The fourth-order valence-corrected chi connectivity index (χ4v) is 3.43. The second kappa shape index (κ2) is 8.42. The first kappa shape index (κ1) is 18.6. The van der Waals surface area contributed by atoms with Gasteiger partial charge in [-0.2, -0.15) is 0 Å². The predicted molar refractivity (Wildman–Crippen MR) is 92.7 cm³/mol. The third-order valence-electron chi connectivity index (χ3n) is 5.35. The van der Waals surface area contributed by atoms with Crippen molar-refractivity contribution in [2.24, 2.45) is 0 Å². The molecule has 0 saturated carbocycles. The maximum atomic E-state index is 11.9. The van der Waals surface area contributed by atoms with Gasteiger partial charge in [0.15, 0.2) is 0 Å². The number of carbonyl (C=O) groups is 1. The van der Waals surface area contributed by atoms with Gasteiger partial charge in [-0.3, -0.25) is 14.6 Å². The zero-order valence-electron chi connectivity index (χ0n) is 15.4. The summed E-state index contributed by atoms with van der Waals surface area (Å²) in [5.41, 5.74) is 0.298. The first-order valence-electron chi connectivity index (χ1n) is 8.85. The van der Waals surface area contributed by atoms with Gasteiger partial charge in [-0.1, -0.05) is 0 Å². The third-order valence-corrected chi connectivity index (χ3v) is 5.35. The number of likely N-dealkylation sites (tertiary alicyclic amines) is 1. The van der Waals surface area contributed by atoms with Crippen LogP contribution in [0.25, 0.3) is 0 Å². The van der Waals surface area contributed by atoms with Gasteiger partial charge >= 0.3 is 5.97 Å². The topological polar surface area (TPSA) is 39.3 Å². The molecule has 0 aromatic carbocycles. The number of hydrogen-bond acceptors (Lipinski definition) is 6. The second-order valence-electron chi connectivity index (χ2n) is 7.59. The minimum Gasteiger partial charge on any atom is -0.463 e. The number of likely N-dealkylation sites (N-methyl/N-ethyl adjacent to an activating group) is 2. The van der Waals surface area contributed by atoms with Gasteiger partial charge < -0.3 is 14.5 Å². The molecule has 2 aliphatic rings. The molecule has 0 spiro atoms. The number of esters is 1. The molecule has 0 amide bonds. The molecule has 0 radical (unpaired) electrons. The van der Waals surface area contributed by atoms with Crippen molar-refractivity contribution in [3.8, 4) is 0 Å². The molecule has 6 heteroatoms. The van der Waals surface area contributed by atoms with E-state index in [2.05, 4.69) is 28.7 Å². The van der Waals surface area contributed by atoms with Crippen LogP contribution in [0, 0.1) is 0 Å². The van der Waals surface area contributed by atoms with Crippen LogP contribution in [-0.4, -0.2) is 111 Å². The lowest BCUT2D eigenvalue weighted by Crippen LogP contribution is -2.59. The molecule has 0 aliphatic carbocycles. The number of piperidine rings is 1. The maximum absolute atomic E-state index is 11.9. The highest BCUT2D eigenvalue weighted by molar-refractivity contribution is 5.71. The molecule has 134 valence electrons. The van der Waals surface area contributed by atoms with Gasteiger partial charge in [0.1, 0.15) is 6.61 Å². The van der Waals surface area contributed by atoms with Crippen LogP contribution in [0.3, 0.4) is 0 Å². The van der Waals surface area contributed by atoms with Crippen LogP contribution in [0.1, 0.15) is 19.8 Å². The van der Waals surface area contributed by atoms with Gasteiger partial charge in [0.2, 0.25) is 0 Å². The van der Waals surface area contributed by atoms with Crippen molar-refractivity contribution < 1.29 is 9.53 Å². The van der Waals surface area contributed by atoms with Crippen LogP contribution >= 0.6 is 0 Å². The third kappa shape index (κ3) is 5.71. The van der Waals surface area contributed by atoms with Crippen molar-refractivity contribution in [3.05, 3.63) is 0 Å². The molecule has 6 nitrogen and oxygen atoms in total. The molecule has 0 bridgehead atoms. The van der Waals surface area contributed by atoms with Gasteiger partial charge in [0, 0.05) is 51.4 Å². The highest BCUT2D eigenvalue weighted by Crippen LogP contribution is 2.29. The SMILES string of the molecule is CN(C)CCOC(=O)CN1CCC(C)(N2CCN(C)CC2)CC1. The average molecular weight is 326 g/mol. The van der Waals surface area contributed by atoms with E-state index in [9.17, 15) is 4.79 Å². The predicted octanol–water partition coefficient (Wildman–Crippen LogP) is 0.193. The largest absolute Gasteiger partial charge is 0.463 e. The van der Waals surface area contributed by atoms with Gasteiger partial charge in [-0.25, -0.2) is 0 Å². The summed E-state index contributed by atoms with van der Waals surface area (Å²) in [6.45, 7) is 10.7. The monoisotopic (exact) mass is 326 g/mol. The van der Waals surface area contributed by atoms with E-state index in [1.54, 1.807) is 0 Å². The lowest BCUT2D eigenvalue weighted by Gasteiger charge is -2.49. The Bertz CT molecular complexity index is 373. The quantitative estimate of drug-likeness (QED) is 0.649. The zero-order chi connectivity index (χ0) is 16.9. The van der Waals surface area contributed by atoms with E-state index in [1.165, 1.54) is 13.1 Å². The minimum absolute atomic E-state index is 0.0879. The van der Waals surface area contributed by atoms with E-state index >= 15 is 0 Å². The van der Waals surface area contributed by atoms with Gasteiger partial charge in [0.25, 0.3) is 0 Å². The highest BCUT2D eigenvalue weighted by atomic mass is 16.5. The number of hydrogen-bond donors (Lipinski definition) is 0. The Morgan fingerprint density at radius 2 is 1.70 bits per heavy atom. The molecule has 0 aromatic heterocycles. The van der Waals surface area contributed by atoms with Crippen molar-refractivity contribution in [1.29, 1.82) is 0 Å². The molecule has 2 rings (SSSR count). The summed E-state index contributed by atoms with van der Waals surface area (Å²) < 4.78 is 5.30. The Morgan fingerprint density at radius 1 is 1.09 bits per heavy atom. The molecule has 0 N–H and O–H groups in total. The summed E-state index contributed by atoms with van der Waals surface area (Å²) in [4.78, 5) is 21.2. The highest BCUT2D eigenvalue weighted by Gasteiger charge is 2.36. The second-order valence-corrected chi connectivity index (χ2v) is 7.59. The van der Waals surface area contributed by atoms with Gasteiger partial charge in [-0.05, 0) is 40.9 Å². The van der Waals surface area contributed by atoms with Gasteiger partial charge in [-0.15, -0.1) is 0 Å². The molecule has 0 atom stereocenters. The van der Waals surface area contributed by atoms with Crippen molar-refractivity contribution in [2.45, 2.75) is 25.3 Å². The van der Waals surface area contributed by atoms with Crippen molar-refractivity contribution in [1.82, 2.24) is 19.6 Å². The first-order chi connectivity index (χ1) is 10.9. The van der Waals surface area contributed by atoms with Crippen LogP contribution in [-0.2, 0) is 9.53 Å². The van der Waals surface area contributed by atoms with Crippen molar-refractivity contribution >= 4 is 5.97 Å². The Hall–Kier alpha value is -0.690. The Morgan fingerprint density at radius 3 is 2.26 bits per heavy atom. The molecule has 2 aliphatic heterocycles. The molecular weight excluding hydrogens is 292 g/mol. The lowest BCUT2D eigenvalue weighted by molar-refractivity contribution is -0.146. The molecule has 2 saturated heterocycles. The molecule has 0 aromatic rings. The fraction of sp³-hybridized carbons (Fsp3) is 0.941. The average Bonchev–Trinajstić information content (AvgIpc) is 2.50. The van der Waals surface area contributed by atoms with E-state index in [0.29, 0.717) is 18.7 Å². The summed E-state index contributed by atoms with van der Waals surface area (Å²) in [6, 6.07) is 0. The Kier molecular flexibility index (Phi) is 6.83. The number of ether oxygens (including phenoxy) is 1. The van der Waals surface area contributed by atoms with E-state index in [4.69, 9.17) is 4.74 Å². The molecule has 2 fully saturated rings. The van der Waals surface area contributed by atoms with Crippen LogP contribution in [0.4, 0.5) is 0 Å². The fourth-order valence-electron chi connectivity index (χ4n) is 3.43. The van der Waals surface area contributed by atoms with E-state index < -0.39 is 0 Å². The smallest absolute Gasteiger partial charge is 0.320 e. The lowest BCUT2D eigenvalue weighted by atomic mass is 9.87. The molecule has 2 heterocycles. The normalized spacial score (nSPS) is 24.0. The summed E-state index contributed by atoms with van der Waals surface area (Å²) >= 11 is 0. The van der Waals surface area contributed by atoms with Gasteiger partial charge in [0.05, 0.1) is 6.54 Å². The summed E-state index contributed by atoms with van der Waals surface area (Å²) in [6.07, 6.45) is 2.28. The van der Waals surface area contributed by atoms with E-state index in [1.807, 2.05) is 19.0 Å². The standard InChI is InChI=1S/C17H34N4O2/c1-17(21-11-9-19(4)10-12-21)5-7-20(8-6-17)15-16(22)23-14-13-18(2)3/h5-15H2,1-4H3. The minimum atomic E-state index is -0.0879. The van der Waals surface area contributed by atoms with Crippen molar-refractivity contribution in [2.75, 3.05) is 80.1 Å². The number of rotatable bonds is 6.